The van der Waals surface area contributed by atoms with E-state index in [1.807, 2.05) is 36.5 Å². The van der Waals surface area contributed by atoms with Crippen molar-refractivity contribution in [1.29, 1.82) is 0 Å². The third kappa shape index (κ3) is 3.88. The van der Waals surface area contributed by atoms with Crippen molar-refractivity contribution >= 4 is 22.3 Å². The molecule has 0 radical (unpaired) electrons. The molecular formula is C17H14F3N7S. The van der Waals surface area contributed by atoms with Crippen molar-refractivity contribution in [2.45, 2.75) is 12.7 Å². The fraction of sp³-hybridized carbons (Fsp3) is 0.176. The molecule has 0 atom stereocenters. The minimum atomic E-state index is -4.51. The van der Waals surface area contributed by atoms with Crippen LogP contribution in [0, 0.1) is 0 Å². The molecule has 0 bridgehead atoms. The van der Waals surface area contributed by atoms with E-state index in [1.165, 1.54) is 7.05 Å². The van der Waals surface area contributed by atoms with Gasteiger partial charge in [0.05, 0.1) is 12.2 Å². The average molecular weight is 405 g/mol. The van der Waals surface area contributed by atoms with E-state index in [2.05, 4.69) is 25.7 Å². The molecule has 4 aromatic rings. The highest BCUT2D eigenvalue weighted by Gasteiger charge is 2.35. The maximum Gasteiger partial charge on any atom is 0.435 e. The zero-order chi connectivity index (χ0) is 19.7. The second-order valence-electron chi connectivity index (χ2n) is 5.96. The van der Waals surface area contributed by atoms with Gasteiger partial charge in [-0.3, -0.25) is 9.36 Å². The molecule has 11 heteroatoms. The molecule has 1 N–H and O–H groups in total. The maximum absolute atomic E-state index is 12.8. The summed E-state index contributed by atoms with van der Waals surface area (Å²) in [6.07, 6.45) is -2.68. The van der Waals surface area contributed by atoms with Gasteiger partial charge in [-0.25, -0.2) is 0 Å². The van der Waals surface area contributed by atoms with Crippen LogP contribution in [0.3, 0.4) is 0 Å². The smallest absolute Gasteiger partial charge is 0.313 e. The Hall–Kier alpha value is -3.21. The molecule has 4 rings (SSSR count). The molecule has 7 nitrogen and oxygen atoms in total. The first kappa shape index (κ1) is 18.2. The van der Waals surface area contributed by atoms with Crippen molar-refractivity contribution in [3.8, 4) is 10.7 Å². The van der Waals surface area contributed by atoms with Crippen LogP contribution in [-0.2, 0) is 19.8 Å². The van der Waals surface area contributed by atoms with Crippen LogP contribution in [0.15, 0.2) is 48.7 Å². The Morgan fingerprint density at radius 3 is 2.57 bits per heavy atom. The van der Waals surface area contributed by atoms with E-state index in [1.54, 1.807) is 10.7 Å². The van der Waals surface area contributed by atoms with Gasteiger partial charge in [0.1, 0.15) is 0 Å². The van der Waals surface area contributed by atoms with Gasteiger partial charge in [-0.05, 0) is 11.6 Å². The zero-order valence-electron chi connectivity index (χ0n) is 14.6. The molecule has 144 valence electrons. The lowest BCUT2D eigenvalue weighted by Gasteiger charge is -2.01. The fourth-order valence-corrected chi connectivity index (χ4v) is 3.38. The van der Waals surface area contributed by atoms with Crippen molar-refractivity contribution in [2.75, 3.05) is 5.32 Å². The van der Waals surface area contributed by atoms with Gasteiger partial charge in [-0.15, -0.1) is 10.2 Å². The van der Waals surface area contributed by atoms with Crippen LogP contribution in [-0.4, -0.2) is 29.8 Å². The Morgan fingerprint density at radius 2 is 1.86 bits per heavy atom. The predicted molar refractivity (Wildman–Crippen MR) is 98.2 cm³/mol. The van der Waals surface area contributed by atoms with Gasteiger partial charge in [-0.2, -0.15) is 23.4 Å². The monoisotopic (exact) mass is 405 g/mol. The Labute approximate surface area is 161 Å². The standard InChI is InChI=1S/C17H14F3N7S/c1-26-12(9-13(24-26)17(18,19)20)15-22-23-16(28-15)21-14-7-8-27(25-14)10-11-5-3-2-4-6-11/h2-9H,10H2,1H3,(H,21,23,25). The summed E-state index contributed by atoms with van der Waals surface area (Å²) in [5, 5.41) is 19.6. The Morgan fingerprint density at radius 1 is 1.07 bits per heavy atom. The number of anilines is 2. The van der Waals surface area contributed by atoms with Gasteiger partial charge >= 0.3 is 6.18 Å². The number of hydrogen-bond acceptors (Lipinski definition) is 6. The van der Waals surface area contributed by atoms with Crippen molar-refractivity contribution in [3.05, 3.63) is 59.9 Å². The second-order valence-corrected chi connectivity index (χ2v) is 6.94. The first-order valence-electron chi connectivity index (χ1n) is 8.18. The second kappa shape index (κ2) is 7.08. The van der Waals surface area contributed by atoms with Gasteiger partial charge in [0, 0.05) is 19.3 Å². The summed E-state index contributed by atoms with van der Waals surface area (Å²) < 4.78 is 41.4. The zero-order valence-corrected chi connectivity index (χ0v) is 15.4. The van der Waals surface area contributed by atoms with Gasteiger partial charge in [0.15, 0.2) is 16.5 Å². The summed E-state index contributed by atoms with van der Waals surface area (Å²) in [4.78, 5) is 0. The summed E-state index contributed by atoms with van der Waals surface area (Å²) in [6.45, 7) is 0.624. The van der Waals surface area contributed by atoms with Crippen molar-refractivity contribution in [1.82, 2.24) is 29.8 Å². The number of benzene rings is 1. The topological polar surface area (TPSA) is 73.5 Å². The molecule has 0 amide bonds. The minimum Gasteiger partial charge on any atom is -0.313 e. The lowest BCUT2D eigenvalue weighted by atomic mass is 10.2. The molecule has 0 aliphatic rings. The summed E-state index contributed by atoms with van der Waals surface area (Å²) in [5.41, 5.74) is 0.397. The highest BCUT2D eigenvalue weighted by atomic mass is 32.1. The predicted octanol–water partition coefficient (Wildman–Crippen LogP) is 3.95. The van der Waals surface area contributed by atoms with Crippen molar-refractivity contribution in [3.63, 3.8) is 0 Å². The lowest BCUT2D eigenvalue weighted by molar-refractivity contribution is -0.141. The van der Waals surface area contributed by atoms with Crippen molar-refractivity contribution < 1.29 is 13.2 Å². The Bertz CT molecular complexity index is 1080. The summed E-state index contributed by atoms with van der Waals surface area (Å²) >= 11 is 1.12. The van der Waals surface area contributed by atoms with E-state index in [-0.39, 0.29) is 5.69 Å². The Balaban J connectivity index is 1.48. The summed E-state index contributed by atoms with van der Waals surface area (Å²) in [7, 11) is 1.43. The van der Waals surface area contributed by atoms with Gasteiger partial charge in [0.25, 0.3) is 0 Å². The molecule has 0 fully saturated rings. The van der Waals surface area contributed by atoms with Crippen LogP contribution in [0.2, 0.25) is 0 Å². The molecule has 3 heterocycles. The van der Waals surface area contributed by atoms with Crippen LogP contribution in [0.25, 0.3) is 10.7 Å². The fourth-order valence-electron chi connectivity index (χ4n) is 2.58. The number of rotatable bonds is 5. The summed E-state index contributed by atoms with van der Waals surface area (Å²) in [6, 6.07) is 12.6. The molecule has 0 aliphatic heterocycles. The quantitative estimate of drug-likeness (QED) is 0.544. The molecule has 0 saturated carbocycles. The normalized spacial score (nSPS) is 11.7. The number of aryl methyl sites for hydroxylation is 1. The number of nitrogens with one attached hydrogen (secondary N) is 1. The van der Waals surface area contributed by atoms with Crippen LogP contribution in [0.5, 0.6) is 0 Å². The van der Waals surface area contributed by atoms with Crippen molar-refractivity contribution in [2.24, 2.45) is 7.05 Å². The Kier molecular flexibility index (Phi) is 4.59. The highest BCUT2D eigenvalue weighted by Crippen LogP contribution is 2.33. The van der Waals surface area contributed by atoms with E-state index in [0.717, 1.165) is 27.6 Å². The molecule has 28 heavy (non-hydrogen) atoms. The number of hydrogen-bond donors (Lipinski definition) is 1. The third-order valence-corrected chi connectivity index (χ3v) is 4.74. The SMILES string of the molecule is Cn1nc(C(F)(F)F)cc1-c1nnc(Nc2ccn(Cc3ccccc3)n2)s1. The van der Waals surface area contributed by atoms with Crippen LogP contribution in [0.1, 0.15) is 11.3 Å². The molecule has 0 spiro atoms. The molecule has 3 aromatic heterocycles. The first-order valence-corrected chi connectivity index (χ1v) is 8.99. The summed E-state index contributed by atoms with van der Waals surface area (Å²) in [5.74, 6) is 0.569. The van der Waals surface area contributed by atoms with E-state index in [4.69, 9.17) is 0 Å². The first-order chi connectivity index (χ1) is 13.4. The van der Waals surface area contributed by atoms with E-state index < -0.39 is 11.9 Å². The number of alkyl halides is 3. The minimum absolute atomic E-state index is 0.243. The number of aromatic nitrogens is 6. The maximum atomic E-state index is 12.8. The average Bonchev–Trinajstić information content (AvgIpc) is 3.36. The lowest BCUT2D eigenvalue weighted by Crippen LogP contribution is -2.06. The molecular weight excluding hydrogens is 391 g/mol. The van der Waals surface area contributed by atoms with Gasteiger partial charge in [0.2, 0.25) is 5.13 Å². The molecule has 0 aliphatic carbocycles. The van der Waals surface area contributed by atoms with Crippen LogP contribution < -0.4 is 5.32 Å². The van der Waals surface area contributed by atoms with E-state index >= 15 is 0 Å². The largest absolute Gasteiger partial charge is 0.435 e. The van der Waals surface area contributed by atoms with Gasteiger partial charge in [-0.1, -0.05) is 41.7 Å². The van der Waals surface area contributed by atoms with E-state index in [0.29, 0.717) is 22.5 Å². The van der Waals surface area contributed by atoms with Crippen LogP contribution in [0.4, 0.5) is 24.1 Å². The molecule has 1 aromatic carbocycles. The van der Waals surface area contributed by atoms with Crippen LogP contribution >= 0.6 is 11.3 Å². The molecule has 0 saturated heterocycles. The van der Waals surface area contributed by atoms with Gasteiger partial charge < -0.3 is 5.32 Å². The highest BCUT2D eigenvalue weighted by molar-refractivity contribution is 7.18. The number of nitrogens with zero attached hydrogens (tertiary/aromatic N) is 6. The van der Waals surface area contributed by atoms with E-state index in [9.17, 15) is 13.2 Å². The third-order valence-electron chi connectivity index (χ3n) is 3.88. The molecule has 0 unspecified atom stereocenters. The number of halogens is 3.